The Morgan fingerprint density at radius 1 is 1.06 bits per heavy atom. The molecule has 0 aliphatic carbocycles. The summed E-state index contributed by atoms with van der Waals surface area (Å²) in [5.41, 5.74) is 3.12. The van der Waals surface area contributed by atoms with Gasteiger partial charge in [-0.3, -0.25) is 4.90 Å². The van der Waals surface area contributed by atoms with Gasteiger partial charge in [-0.25, -0.2) is 0 Å². The normalized spacial score (nSPS) is 26.8. The van der Waals surface area contributed by atoms with Crippen LogP contribution in [0.25, 0.3) is 10.9 Å². The van der Waals surface area contributed by atoms with E-state index < -0.39 is 5.60 Å². The number of para-hydroxylation sites is 1. The molecule has 5 heteroatoms. The van der Waals surface area contributed by atoms with Crippen molar-refractivity contribution in [3.63, 3.8) is 0 Å². The molecular weight excluding hydrogens is 420 g/mol. The van der Waals surface area contributed by atoms with Crippen LogP contribution < -0.4 is 0 Å². The summed E-state index contributed by atoms with van der Waals surface area (Å²) in [5, 5.41) is 13.3. The molecule has 5 rings (SSSR count). The van der Waals surface area contributed by atoms with Gasteiger partial charge in [0, 0.05) is 30.2 Å². The number of H-pyrrole nitrogens is 1. The lowest BCUT2D eigenvalue weighted by molar-refractivity contribution is -0.0863. The largest absolute Gasteiger partial charge is 0.388 e. The predicted octanol–water partition coefficient (Wildman–Crippen LogP) is 5.85. The molecule has 2 atom stereocenters. The van der Waals surface area contributed by atoms with Gasteiger partial charge in [-0.1, -0.05) is 55.5 Å². The number of rotatable bonds is 5. The smallest absolute Gasteiger partial charge is 0.106 e. The zero-order valence-corrected chi connectivity index (χ0v) is 19.9. The lowest BCUT2D eigenvalue weighted by Crippen LogP contribution is -2.58. The van der Waals surface area contributed by atoms with Crippen LogP contribution >= 0.6 is 23.5 Å². The standard InChI is InChI=1S/C26H32N2OS2/c1-2-25(29)19-28(18-20-9-4-3-5-10-20)14-13-23(25)26(30-15-8-16-31-26)24-17-21-11-6-7-12-22(21)27-24/h3-7,9-12,17,23,27,29H,2,8,13-16,18-19H2,1H3/t23-,25-/m0/s1. The fourth-order valence-electron chi connectivity index (χ4n) is 5.39. The number of aromatic nitrogens is 1. The van der Waals surface area contributed by atoms with E-state index in [0.29, 0.717) is 0 Å². The molecule has 2 saturated heterocycles. The molecule has 2 fully saturated rings. The number of β-amino-alcohol motifs (C(OH)–C–C–N with tert-alkyl or cyclic N) is 1. The predicted molar refractivity (Wildman–Crippen MR) is 135 cm³/mol. The molecule has 164 valence electrons. The van der Waals surface area contributed by atoms with Gasteiger partial charge in [0.15, 0.2) is 0 Å². The van der Waals surface area contributed by atoms with Crippen molar-refractivity contribution in [3.05, 3.63) is 71.9 Å². The highest BCUT2D eigenvalue weighted by atomic mass is 32.2. The van der Waals surface area contributed by atoms with E-state index in [1.54, 1.807) is 0 Å². The lowest BCUT2D eigenvalue weighted by Gasteiger charge is -2.53. The summed E-state index contributed by atoms with van der Waals surface area (Å²) >= 11 is 4.12. The van der Waals surface area contributed by atoms with Crippen LogP contribution in [0.15, 0.2) is 60.7 Å². The number of nitrogens with zero attached hydrogens (tertiary/aromatic N) is 1. The van der Waals surface area contributed by atoms with Gasteiger partial charge in [-0.15, -0.1) is 23.5 Å². The Labute approximate surface area is 194 Å². The van der Waals surface area contributed by atoms with Crippen molar-refractivity contribution in [2.24, 2.45) is 5.92 Å². The molecule has 1 aromatic heterocycles. The van der Waals surface area contributed by atoms with Gasteiger partial charge < -0.3 is 10.1 Å². The molecule has 2 N–H and O–H groups in total. The molecule has 0 bridgehead atoms. The van der Waals surface area contributed by atoms with Crippen LogP contribution in [0.2, 0.25) is 0 Å². The topological polar surface area (TPSA) is 39.3 Å². The van der Waals surface area contributed by atoms with Crippen molar-refractivity contribution in [3.8, 4) is 0 Å². The number of hydrogen-bond acceptors (Lipinski definition) is 4. The minimum atomic E-state index is -0.693. The molecule has 3 aromatic rings. The quantitative estimate of drug-likeness (QED) is 0.509. The molecule has 3 nitrogen and oxygen atoms in total. The number of nitrogens with one attached hydrogen (secondary N) is 1. The average Bonchev–Trinajstić information content (AvgIpc) is 3.25. The summed E-state index contributed by atoms with van der Waals surface area (Å²) in [6.07, 6.45) is 3.05. The fourth-order valence-corrected chi connectivity index (χ4v) is 9.20. The zero-order chi connectivity index (χ0) is 21.3. The Hall–Kier alpha value is -1.40. The molecule has 0 amide bonds. The Kier molecular flexibility index (Phi) is 6.13. The summed E-state index contributed by atoms with van der Waals surface area (Å²) in [7, 11) is 0. The van der Waals surface area contributed by atoms with E-state index in [2.05, 4.69) is 101 Å². The SMILES string of the molecule is CC[C@]1(O)CN(Cc2ccccc2)CC[C@@H]1C1(c2cc3ccccc3[nH]2)SCCCS1. The molecule has 0 unspecified atom stereocenters. The van der Waals surface area contributed by atoms with Crippen LogP contribution in [-0.4, -0.2) is 45.2 Å². The molecule has 0 spiro atoms. The highest BCUT2D eigenvalue weighted by Gasteiger charge is 2.54. The van der Waals surface area contributed by atoms with Gasteiger partial charge in [0.05, 0.1) is 5.60 Å². The van der Waals surface area contributed by atoms with Crippen molar-refractivity contribution in [1.29, 1.82) is 0 Å². The first-order valence-corrected chi connectivity index (χ1v) is 13.4. The second kappa shape index (κ2) is 8.86. The molecule has 2 aromatic carbocycles. The number of hydrogen-bond donors (Lipinski definition) is 2. The molecule has 3 heterocycles. The van der Waals surface area contributed by atoms with Crippen molar-refractivity contribution < 1.29 is 5.11 Å². The van der Waals surface area contributed by atoms with E-state index in [1.807, 2.05) is 0 Å². The zero-order valence-electron chi connectivity index (χ0n) is 18.2. The summed E-state index contributed by atoms with van der Waals surface area (Å²) < 4.78 is -0.110. The van der Waals surface area contributed by atoms with Crippen molar-refractivity contribution in [2.45, 2.75) is 42.4 Å². The van der Waals surface area contributed by atoms with E-state index in [-0.39, 0.29) is 10.00 Å². The monoisotopic (exact) mass is 452 g/mol. The van der Waals surface area contributed by atoms with E-state index in [0.717, 1.165) is 44.0 Å². The second-order valence-electron chi connectivity index (χ2n) is 8.98. The lowest BCUT2D eigenvalue weighted by atomic mass is 9.76. The van der Waals surface area contributed by atoms with Crippen molar-refractivity contribution in [2.75, 3.05) is 24.6 Å². The van der Waals surface area contributed by atoms with Crippen LogP contribution in [0, 0.1) is 5.92 Å². The van der Waals surface area contributed by atoms with E-state index >= 15 is 0 Å². The number of piperidine rings is 1. The Morgan fingerprint density at radius 3 is 2.55 bits per heavy atom. The third kappa shape index (κ3) is 4.06. The number of aliphatic hydroxyl groups is 1. The first-order chi connectivity index (χ1) is 15.1. The molecule has 0 radical (unpaired) electrons. The Balaban J connectivity index is 1.47. The van der Waals surface area contributed by atoms with Crippen LogP contribution in [0.5, 0.6) is 0 Å². The highest BCUT2D eigenvalue weighted by Crippen LogP contribution is 2.60. The minimum Gasteiger partial charge on any atom is -0.388 e. The van der Waals surface area contributed by atoms with E-state index in [4.69, 9.17) is 0 Å². The fraction of sp³-hybridized carbons (Fsp3) is 0.462. The summed E-state index contributed by atoms with van der Waals surface area (Å²) in [6.45, 7) is 4.85. The molecule has 31 heavy (non-hydrogen) atoms. The number of benzene rings is 2. The van der Waals surface area contributed by atoms with Gasteiger partial charge in [-0.2, -0.15) is 0 Å². The molecule has 0 saturated carbocycles. The average molecular weight is 453 g/mol. The van der Waals surface area contributed by atoms with Gasteiger partial charge in [-0.05, 0) is 60.4 Å². The Morgan fingerprint density at radius 2 is 1.81 bits per heavy atom. The second-order valence-corrected chi connectivity index (χ2v) is 11.9. The molecule has 2 aliphatic rings. The van der Waals surface area contributed by atoms with E-state index in [9.17, 15) is 5.11 Å². The molecular formula is C26H32N2OS2. The third-order valence-corrected chi connectivity index (χ3v) is 10.6. The maximum atomic E-state index is 12.1. The molecule has 2 aliphatic heterocycles. The maximum absolute atomic E-state index is 12.1. The van der Waals surface area contributed by atoms with Crippen molar-refractivity contribution >= 4 is 34.4 Å². The third-order valence-electron chi connectivity index (χ3n) is 7.03. The minimum absolute atomic E-state index is 0.110. The van der Waals surface area contributed by atoms with Gasteiger partial charge in [0.25, 0.3) is 0 Å². The summed E-state index contributed by atoms with van der Waals surface area (Å²) in [4.78, 5) is 6.20. The van der Waals surface area contributed by atoms with Gasteiger partial charge in [0.1, 0.15) is 4.08 Å². The summed E-state index contributed by atoms with van der Waals surface area (Å²) in [6, 6.07) is 21.6. The highest BCUT2D eigenvalue weighted by molar-refractivity contribution is 8.18. The van der Waals surface area contributed by atoms with Crippen molar-refractivity contribution in [1.82, 2.24) is 9.88 Å². The van der Waals surface area contributed by atoms with Crippen LogP contribution in [0.3, 0.4) is 0 Å². The number of aromatic amines is 1. The van der Waals surface area contributed by atoms with Gasteiger partial charge in [0.2, 0.25) is 0 Å². The Bertz CT molecular complexity index is 981. The van der Waals surface area contributed by atoms with E-state index in [1.165, 1.54) is 28.6 Å². The first-order valence-electron chi connectivity index (χ1n) is 11.5. The van der Waals surface area contributed by atoms with Crippen LogP contribution in [0.1, 0.15) is 37.4 Å². The summed E-state index contributed by atoms with van der Waals surface area (Å²) in [5.74, 6) is 2.54. The van der Waals surface area contributed by atoms with Gasteiger partial charge >= 0.3 is 0 Å². The maximum Gasteiger partial charge on any atom is 0.106 e. The number of thioether (sulfide) groups is 2. The number of likely N-dealkylation sites (tertiary alicyclic amines) is 1. The van der Waals surface area contributed by atoms with Crippen LogP contribution in [-0.2, 0) is 10.6 Å². The van der Waals surface area contributed by atoms with Crippen LogP contribution in [0.4, 0.5) is 0 Å². The number of fused-ring (bicyclic) bond motifs is 1. The first kappa shape index (κ1) is 21.4.